The Bertz CT molecular complexity index is 698. The van der Waals surface area contributed by atoms with Crippen molar-refractivity contribution >= 4 is 11.6 Å². The molecule has 0 radical (unpaired) electrons. The predicted molar refractivity (Wildman–Crippen MR) is 71.5 cm³/mol. The van der Waals surface area contributed by atoms with Crippen LogP contribution in [0.3, 0.4) is 0 Å². The van der Waals surface area contributed by atoms with Crippen LogP contribution < -0.4 is 11.1 Å². The molecule has 0 saturated carbocycles. The fourth-order valence-corrected chi connectivity index (χ4v) is 1.54. The van der Waals surface area contributed by atoms with E-state index in [0.29, 0.717) is 11.3 Å². The molecule has 0 aliphatic rings. The van der Waals surface area contributed by atoms with E-state index in [2.05, 4.69) is 22.3 Å². The second kappa shape index (κ2) is 5.99. The van der Waals surface area contributed by atoms with Gasteiger partial charge >= 0.3 is 0 Å². The number of aryl methyl sites for hydroxylation is 1. The highest BCUT2D eigenvalue weighted by Gasteiger charge is 2.14. The number of hydrogen-bond acceptors (Lipinski definition) is 4. The largest absolute Gasteiger partial charge is 0.351 e. The number of aromatic nitrogens is 1. The molecule has 5 nitrogen and oxygen atoms in total. The van der Waals surface area contributed by atoms with E-state index in [4.69, 9.17) is 10.3 Å². The van der Waals surface area contributed by atoms with Gasteiger partial charge in [-0.3, -0.25) is 4.79 Å². The lowest BCUT2D eigenvalue weighted by Crippen LogP contribution is -2.12. The standard InChI is InChI=1S/C14H12FN3O2/c1-9-8-17-20-13(9)14(19)18-11-4-5-12(15)10(7-11)3-2-6-16/h4-5,7-8H,6,16H2,1H3,(H,18,19). The third-order valence-corrected chi connectivity index (χ3v) is 2.50. The Kier molecular flexibility index (Phi) is 4.13. The molecule has 1 amide bonds. The summed E-state index contributed by atoms with van der Waals surface area (Å²) in [5.41, 5.74) is 6.44. The Hall–Kier alpha value is -2.65. The van der Waals surface area contributed by atoms with Crippen LogP contribution in [0.25, 0.3) is 0 Å². The summed E-state index contributed by atoms with van der Waals surface area (Å²) in [6.07, 6.45) is 1.44. The van der Waals surface area contributed by atoms with Gasteiger partial charge in [-0.2, -0.15) is 0 Å². The van der Waals surface area contributed by atoms with Crippen LogP contribution in [0.1, 0.15) is 21.7 Å². The minimum Gasteiger partial charge on any atom is -0.351 e. The first-order valence-electron chi connectivity index (χ1n) is 5.83. The molecule has 0 aliphatic heterocycles. The first kappa shape index (κ1) is 13.8. The highest BCUT2D eigenvalue weighted by molar-refractivity contribution is 6.03. The summed E-state index contributed by atoms with van der Waals surface area (Å²) in [4.78, 5) is 11.9. The van der Waals surface area contributed by atoms with Crippen molar-refractivity contribution < 1.29 is 13.7 Å². The molecule has 1 aromatic carbocycles. The van der Waals surface area contributed by atoms with Gasteiger partial charge in [-0.05, 0) is 25.1 Å². The van der Waals surface area contributed by atoms with Gasteiger partial charge in [0.05, 0.1) is 18.3 Å². The second-order valence-electron chi connectivity index (χ2n) is 3.99. The molecule has 102 valence electrons. The maximum Gasteiger partial charge on any atom is 0.294 e. The van der Waals surface area contributed by atoms with E-state index in [1.807, 2.05) is 0 Å². The van der Waals surface area contributed by atoms with Gasteiger partial charge in [0.2, 0.25) is 5.76 Å². The summed E-state index contributed by atoms with van der Waals surface area (Å²) in [7, 11) is 0. The van der Waals surface area contributed by atoms with Gasteiger partial charge in [0.15, 0.2) is 0 Å². The van der Waals surface area contributed by atoms with Crippen molar-refractivity contribution in [3.63, 3.8) is 0 Å². The third kappa shape index (κ3) is 3.02. The van der Waals surface area contributed by atoms with E-state index < -0.39 is 11.7 Å². The van der Waals surface area contributed by atoms with Crippen molar-refractivity contribution in [3.8, 4) is 11.8 Å². The lowest BCUT2D eigenvalue weighted by Gasteiger charge is -2.04. The zero-order valence-corrected chi connectivity index (χ0v) is 10.7. The molecule has 0 saturated heterocycles. The highest BCUT2D eigenvalue weighted by Crippen LogP contribution is 2.16. The van der Waals surface area contributed by atoms with Gasteiger partial charge in [0.25, 0.3) is 5.91 Å². The molecule has 20 heavy (non-hydrogen) atoms. The molecule has 0 aliphatic carbocycles. The zero-order valence-electron chi connectivity index (χ0n) is 10.7. The summed E-state index contributed by atoms with van der Waals surface area (Å²) in [6, 6.07) is 4.09. The number of carbonyl (C=O) groups excluding carboxylic acids is 1. The molecule has 0 spiro atoms. The number of carbonyl (C=O) groups is 1. The SMILES string of the molecule is Cc1cnoc1C(=O)Nc1ccc(F)c(C#CCN)c1. The highest BCUT2D eigenvalue weighted by atomic mass is 19.1. The number of anilines is 1. The molecule has 3 N–H and O–H groups in total. The Labute approximate surface area is 114 Å². The number of rotatable bonds is 2. The van der Waals surface area contributed by atoms with Crippen LogP contribution in [0.2, 0.25) is 0 Å². The average Bonchev–Trinajstić information content (AvgIpc) is 2.85. The molecule has 2 rings (SSSR count). The lowest BCUT2D eigenvalue weighted by atomic mass is 10.2. The average molecular weight is 273 g/mol. The van der Waals surface area contributed by atoms with E-state index in [0.717, 1.165) is 0 Å². The number of nitrogens with zero attached hydrogens (tertiary/aromatic N) is 1. The smallest absolute Gasteiger partial charge is 0.294 e. The Balaban J connectivity index is 2.22. The first-order valence-corrected chi connectivity index (χ1v) is 5.83. The normalized spacial score (nSPS) is 9.75. The van der Waals surface area contributed by atoms with Crippen molar-refractivity contribution in [3.05, 3.63) is 47.1 Å². The van der Waals surface area contributed by atoms with Gasteiger partial charge < -0.3 is 15.6 Å². The third-order valence-electron chi connectivity index (χ3n) is 2.50. The summed E-state index contributed by atoms with van der Waals surface area (Å²) in [5, 5.41) is 6.12. The van der Waals surface area contributed by atoms with Gasteiger partial charge in [-0.15, -0.1) is 0 Å². The molecule has 0 fully saturated rings. The van der Waals surface area contributed by atoms with Gasteiger partial charge in [-0.1, -0.05) is 17.0 Å². The number of hydrogen-bond donors (Lipinski definition) is 2. The minimum absolute atomic E-state index is 0.115. The summed E-state index contributed by atoms with van der Waals surface area (Å²) < 4.78 is 18.3. The van der Waals surface area contributed by atoms with E-state index in [-0.39, 0.29) is 17.9 Å². The lowest BCUT2D eigenvalue weighted by molar-refractivity contribution is 0.0987. The predicted octanol–water partition coefficient (Wildman–Crippen LogP) is 1.68. The van der Waals surface area contributed by atoms with Crippen molar-refractivity contribution in [2.24, 2.45) is 5.73 Å². The maximum absolute atomic E-state index is 13.5. The van der Waals surface area contributed by atoms with E-state index in [1.165, 1.54) is 24.4 Å². The Morgan fingerprint density at radius 1 is 1.55 bits per heavy atom. The van der Waals surface area contributed by atoms with Crippen LogP contribution in [-0.4, -0.2) is 17.6 Å². The van der Waals surface area contributed by atoms with E-state index >= 15 is 0 Å². The molecule has 6 heteroatoms. The minimum atomic E-state index is -0.472. The molecular weight excluding hydrogens is 261 g/mol. The van der Waals surface area contributed by atoms with Gasteiger partial charge in [-0.25, -0.2) is 4.39 Å². The van der Waals surface area contributed by atoms with Crippen molar-refractivity contribution in [1.29, 1.82) is 0 Å². The van der Waals surface area contributed by atoms with Crippen molar-refractivity contribution in [2.45, 2.75) is 6.92 Å². The molecule has 1 aromatic heterocycles. The maximum atomic E-state index is 13.5. The van der Waals surface area contributed by atoms with Crippen LogP contribution in [0.4, 0.5) is 10.1 Å². The molecule has 0 atom stereocenters. The molecular formula is C14H12FN3O2. The van der Waals surface area contributed by atoms with Crippen LogP contribution in [0.15, 0.2) is 28.9 Å². The summed E-state index contributed by atoms with van der Waals surface area (Å²) in [6.45, 7) is 1.83. The fourth-order valence-electron chi connectivity index (χ4n) is 1.54. The summed E-state index contributed by atoms with van der Waals surface area (Å²) >= 11 is 0. The number of halogens is 1. The Morgan fingerprint density at radius 3 is 3.00 bits per heavy atom. The number of benzene rings is 1. The van der Waals surface area contributed by atoms with Crippen molar-refractivity contribution in [1.82, 2.24) is 5.16 Å². The fraction of sp³-hybridized carbons (Fsp3) is 0.143. The van der Waals surface area contributed by atoms with Gasteiger partial charge in [0.1, 0.15) is 5.82 Å². The first-order chi connectivity index (χ1) is 9.61. The van der Waals surface area contributed by atoms with Crippen LogP contribution in [0, 0.1) is 24.6 Å². The van der Waals surface area contributed by atoms with E-state index in [1.54, 1.807) is 6.92 Å². The topological polar surface area (TPSA) is 81.2 Å². The number of nitrogens with two attached hydrogens (primary N) is 1. The molecule has 1 heterocycles. The molecule has 2 aromatic rings. The number of nitrogens with one attached hydrogen (secondary N) is 1. The van der Waals surface area contributed by atoms with Crippen LogP contribution in [0.5, 0.6) is 0 Å². The van der Waals surface area contributed by atoms with E-state index in [9.17, 15) is 9.18 Å². The second-order valence-corrected chi connectivity index (χ2v) is 3.99. The quantitative estimate of drug-likeness (QED) is 0.816. The summed E-state index contributed by atoms with van der Waals surface area (Å²) in [5.74, 6) is 4.34. The van der Waals surface area contributed by atoms with Gasteiger partial charge in [0, 0.05) is 11.3 Å². The molecule has 0 bridgehead atoms. The van der Waals surface area contributed by atoms with Crippen LogP contribution >= 0.6 is 0 Å². The van der Waals surface area contributed by atoms with Crippen LogP contribution in [-0.2, 0) is 0 Å². The zero-order chi connectivity index (χ0) is 14.5. The number of amides is 1. The van der Waals surface area contributed by atoms with Crippen molar-refractivity contribution in [2.75, 3.05) is 11.9 Å². The monoisotopic (exact) mass is 273 g/mol. The molecule has 0 unspecified atom stereocenters. The Morgan fingerprint density at radius 2 is 2.35 bits per heavy atom.